The summed E-state index contributed by atoms with van der Waals surface area (Å²) in [5.74, 6) is 0.0397. The van der Waals surface area contributed by atoms with E-state index in [9.17, 15) is 18.1 Å². The highest BCUT2D eigenvalue weighted by Crippen LogP contribution is 2.36. The van der Waals surface area contributed by atoms with Crippen LogP contribution in [0.15, 0.2) is 94.1 Å². The maximum atomic E-state index is 13.8. The van der Waals surface area contributed by atoms with E-state index in [0.717, 1.165) is 11.3 Å². The van der Waals surface area contributed by atoms with Gasteiger partial charge in [-0.3, -0.25) is 4.72 Å². The molecular formula is C25H15FN4O4S2. The lowest BCUT2D eigenvalue weighted by Gasteiger charge is -2.13. The molecule has 3 heterocycles. The molecule has 3 aromatic heterocycles. The van der Waals surface area contributed by atoms with E-state index in [1.54, 1.807) is 35.7 Å². The number of aromatic nitrogens is 2. The van der Waals surface area contributed by atoms with Gasteiger partial charge in [-0.15, -0.1) is 11.3 Å². The number of benzene rings is 2. The molecule has 0 spiro atoms. The van der Waals surface area contributed by atoms with Crippen molar-refractivity contribution < 1.29 is 22.0 Å². The van der Waals surface area contributed by atoms with Gasteiger partial charge in [-0.1, -0.05) is 12.1 Å². The maximum Gasteiger partial charge on any atom is 0.263 e. The van der Waals surface area contributed by atoms with Gasteiger partial charge < -0.3 is 9.15 Å². The second kappa shape index (κ2) is 9.61. The van der Waals surface area contributed by atoms with Gasteiger partial charge in [-0.25, -0.2) is 22.8 Å². The highest BCUT2D eigenvalue weighted by atomic mass is 32.2. The van der Waals surface area contributed by atoms with Crippen molar-refractivity contribution >= 4 is 26.5 Å². The van der Waals surface area contributed by atoms with Crippen LogP contribution in [0.5, 0.6) is 11.5 Å². The molecule has 0 saturated carbocycles. The third-order valence-electron chi connectivity index (χ3n) is 5.03. The Bertz CT molecular complexity index is 1680. The van der Waals surface area contributed by atoms with Crippen molar-refractivity contribution in [3.8, 4) is 40.1 Å². The zero-order chi connectivity index (χ0) is 25.1. The number of furan rings is 1. The van der Waals surface area contributed by atoms with Crippen molar-refractivity contribution in [1.82, 2.24) is 9.97 Å². The lowest BCUT2D eigenvalue weighted by atomic mass is 10.1. The second-order valence-corrected chi connectivity index (χ2v) is 9.96. The number of nitrogens with zero attached hydrogens (tertiary/aromatic N) is 3. The summed E-state index contributed by atoms with van der Waals surface area (Å²) in [7, 11) is -3.95. The minimum absolute atomic E-state index is 0.00404. The molecule has 0 aliphatic carbocycles. The first-order valence-electron chi connectivity index (χ1n) is 10.4. The largest absolute Gasteiger partial charge is 0.472 e. The van der Waals surface area contributed by atoms with Gasteiger partial charge in [0.15, 0.2) is 10.9 Å². The summed E-state index contributed by atoms with van der Waals surface area (Å²) < 4.78 is 52.7. The first-order valence-corrected chi connectivity index (χ1v) is 12.7. The Morgan fingerprint density at radius 2 is 1.92 bits per heavy atom. The fraction of sp³-hybridized carbons (Fsp3) is 0. The fourth-order valence-corrected chi connectivity index (χ4v) is 5.18. The molecule has 0 amide bonds. The molecule has 5 aromatic rings. The molecule has 8 nitrogen and oxygen atoms in total. The van der Waals surface area contributed by atoms with Crippen molar-refractivity contribution in [1.29, 1.82) is 5.26 Å². The molecule has 0 atom stereocenters. The van der Waals surface area contributed by atoms with Crippen molar-refractivity contribution in [2.24, 2.45) is 0 Å². The topological polar surface area (TPSA) is 118 Å². The van der Waals surface area contributed by atoms with Crippen molar-refractivity contribution in [3.05, 3.63) is 96.1 Å². The molecule has 2 aromatic carbocycles. The van der Waals surface area contributed by atoms with E-state index in [2.05, 4.69) is 14.7 Å². The molecule has 11 heteroatoms. The number of anilines is 1. The summed E-state index contributed by atoms with van der Waals surface area (Å²) in [5, 5.41) is 11.5. The molecule has 5 rings (SSSR count). The Balaban J connectivity index is 1.51. The molecule has 1 N–H and O–H groups in total. The zero-order valence-corrected chi connectivity index (χ0v) is 19.9. The number of thiazole rings is 1. The summed E-state index contributed by atoms with van der Waals surface area (Å²) >= 11 is 1.13. The summed E-state index contributed by atoms with van der Waals surface area (Å²) in [5.41, 5.74) is 2.09. The molecule has 0 saturated heterocycles. The van der Waals surface area contributed by atoms with Crippen LogP contribution in [-0.2, 0) is 10.0 Å². The fourth-order valence-electron chi connectivity index (χ4n) is 3.36. The Kier molecular flexibility index (Phi) is 6.20. The molecule has 0 aliphatic heterocycles. The van der Waals surface area contributed by atoms with Gasteiger partial charge in [0, 0.05) is 22.7 Å². The van der Waals surface area contributed by atoms with Crippen LogP contribution in [0.25, 0.3) is 22.5 Å². The second-order valence-electron chi connectivity index (χ2n) is 7.38. The van der Waals surface area contributed by atoms with Crippen LogP contribution >= 0.6 is 11.3 Å². The lowest BCUT2D eigenvalue weighted by Crippen LogP contribution is -2.13. The van der Waals surface area contributed by atoms with Gasteiger partial charge in [0.25, 0.3) is 10.0 Å². The van der Waals surface area contributed by atoms with Gasteiger partial charge in [-0.2, -0.15) is 5.26 Å². The summed E-state index contributed by atoms with van der Waals surface area (Å²) in [6.07, 6.45) is 4.44. The molecule has 0 aliphatic rings. The van der Waals surface area contributed by atoms with Crippen LogP contribution in [0.4, 0.5) is 9.52 Å². The third-order valence-corrected chi connectivity index (χ3v) is 7.18. The van der Waals surface area contributed by atoms with Crippen LogP contribution in [0.3, 0.4) is 0 Å². The number of ether oxygens (including phenoxy) is 1. The van der Waals surface area contributed by atoms with Crippen LogP contribution in [0, 0.1) is 17.1 Å². The van der Waals surface area contributed by atoms with Crippen LogP contribution < -0.4 is 9.46 Å². The van der Waals surface area contributed by atoms with Crippen LogP contribution in [0.2, 0.25) is 0 Å². The number of halogens is 1. The van der Waals surface area contributed by atoms with Crippen molar-refractivity contribution in [2.45, 2.75) is 4.90 Å². The van der Waals surface area contributed by atoms with Crippen molar-refractivity contribution in [2.75, 3.05) is 4.72 Å². The highest BCUT2D eigenvalue weighted by Gasteiger charge is 2.20. The number of sulfonamides is 1. The Hall–Kier alpha value is -4.53. The SMILES string of the molecule is N#Cc1cc(S(=O)(=O)Nc2nccs2)ccc1Oc1ccc(-c2cccc(F)c2)nc1-c1ccoc1. The zero-order valence-electron chi connectivity index (χ0n) is 18.3. The van der Waals surface area contributed by atoms with Gasteiger partial charge in [0.1, 0.15) is 23.3 Å². The molecule has 0 bridgehead atoms. The van der Waals surface area contributed by atoms with E-state index in [1.807, 2.05) is 6.07 Å². The number of pyridine rings is 1. The van der Waals surface area contributed by atoms with Crippen LogP contribution in [-0.4, -0.2) is 18.4 Å². The average molecular weight is 519 g/mol. The summed E-state index contributed by atoms with van der Waals surface area (Å²) in [6, 6.07) is 17.0. The van der Waals surface area contributed by atoms with Gasteiger partial charge in [0.2, 0.25) is 0 Å². The van der Waals surface area contributed by atoms with E-state index < -0.39 is 15.8 Å². The smallest absolute Gasteiger partial charge is 0.263 e. The minimum atomic E-state index is -3.95. The Labute approximate surface area is 209 Å². The molecule has 0 unspecified atom stereocenters. The lowest BCUT2D eigenvalue weighted by molar-refractivity contribution is 0.480. The highest BCUT2D eigenvalue weighted by molar-refractivity contribution is 7.93. The Morgan fingerprint density at radius 3 is 2.64 bits per heavy atom. The monoisotopic (exact) mass is 518 g/mol. The van der Waals surface area contributed by atoms with Gasteiger partial charge in [0.05, 0.1) is 28.7 Å². The first-order chi connectivity index (χ1) is 17.4. The first kappa shape index (κ1) is 23.2. The van der Waals surface area contributed by atoms with E-state index in [1.165, 1.54) is 49.1 Å². The van der Waals surface area contributed by atoms with Crippen LogP contribution in [0.1, 0.15) is 5.56 Å². The molecule has 0 radical (unpaired) electrons. The number of hydrogen-bond donors (Lipinski definition) is 1. The number of hydrogen-bond acceptors (Lipinski definition) is 8. The molecule has 178 valence electrons. The van der Waals surface area contributed by atoms with E-state index in [4.69, 9.17) is 9.15 Å². The van der Waals surface area contributed by atoms with E-state index >= 15 is 0 Å². The predicted octanol–water partition coefficient (Wildman–Crippen LogP) is 6.07. The maximum absolute atomic E-state index is 13.8. The minimum Gasteiger partial charge on any atom is -0.472 e. The molecule has 0 fully saturated rings. The molecule has 36 heavy (non-hydrogen) atoms. The molecular weight excluding hydrogens is 503 g/mol. The summed E-state index contributed by atoms with van der Waals surface area (Å²) in [4.78, 5) is 8.43. The quantitative estimate of drug-likeness (QED) is 0.278. The normalized spacial score (nSPS) is 11.1. The third kappa shape index (κ3) is 4.81. The number of nitriles is 1. The van der Waals surface area contributed by atoms with E-state index in [-0.39, 0.29) is 21.3 Å². The number of nitrogens with one attached hydrogen (secondary N) is 1. The predicted molar refractivity (Wildman–Crippen MR) is 131 cm³/mol. The van der Waals surface area contributed by atoms with E-state index in [0.29, 0.717) is 28.3 Å². The van der Waals surface area contributed by atoms with Gasteiger partial charge >= 0.3 is 0 Å². The Morgan fingerprint density at radius 1 is 1.06 bits per heavy atom. The van der Waals surface area contributed by atoms with Gasteiger partial charge in [-0.05, 0) is 48.5 Å². The standard InChI is InChI=1S/C25H15FN4O4S2/c26-19-3-1-2-16(12-19)21-5-7-23(24(29-21)17-8-10-33-15-17)34-22-6-4-20(13-18(22)14-27)36(31,32)30-25-28-9-11-35-25/h1-13,15H,(H,28,30). The number of rotatable bonds is 7. The summed E-state index contributed by atoms with van der Waals surface area (Å²) in [6.45, 7) is 0. The van der Waals surface area contributed by atoms with Crippen molar-refractivity contribution in [3.63, 3.8) is 0 Å². The average Bonchev–Trinajstić information content (AvgIpc) is 3.59.